The first-order chi connectivity index (χ1) is 7.72. The zero-order valence-electron chi connectivity index (χ0n) is 11.3. The smallest absolute Gasteiger partial charge is 0.0228 e. The van der Waals surface area contributed by atoms with Gasteiger partial charge in [0.2, 0.25) is 0 Å². The van der Waals surface area contributed by atoms with Gasteiger partial charge in [0.25, 0.3) is 0 Å². The SMILES string of the molecule is CCCC1CCCC1C1CCC(C)=CC1C. The molecule has 0 spiro atoms. The molecule has 0 radical (unpaired) electrons. The van der Waals surface area contributed by atoms with E-state index in [1.165, 1.54) is 44.9 Å². The summed E-state index contributed by atoms with van der Waals surface area (Å²) in [4.78, 5) is 0. The van der Waals surface area contributed by atoms with E-state index in [9.17, 15) is 0 Å². The highest BCUT2D eigenvalue weighted by Crippen LogP contribution is 2.46. The van der Waals surface area contributed by atoms with Gasteiger partial charge in [-0.2, -0.15) is 0 Å². The van der Waals surface area contributed by atoms with Crippen LogP contribution in [-0.2, 0) is 0 Å². The van der Waals surface area contributed by atoms with E-state index >= 15 is 0 Å². The lowest BCUT2D eigenvalue weighted by Gasteiger charge is -2.35. The van der Waals surface area contributed by atoms with Crippen LogP contribution in [0.3, 0.4) is 0 Å². The van der Waals surface area contributed by atoms with Crippen LogP contribution in [0, 0.1) is 23.7 Å². The molecule has 0 aliphatic heterocycles. The van der Waals surface area contributed by atoms with E-state index in [2.05, 4.69) is 26.8 Å². The van der Waals surface area contributed by atoms with E-state index in [-0.39, 0.29) is 0 Å². The third kappa shape index (κ3) is 2.52. The van der Waals surface area contributed by atoms with E-state index in [0.29, 0.717) is 0 Å². The average Bonchev–Trinajstić information content (AvgIpc) is 2.67. The summed E-state index contributed by atoms with van der Waals surface area (Å²) in [6, 6.07) is 0. The first-order valence-electron chi connectivity index (χ1n) is 7.39. The van der Waals surface area contributed by atoms with Gasteiger partial charge in [-0.3, -0.25) is 0 Å². The Labute approximate surface area is 102 Å². The normalized spacial score (nSPS) is 39.8. The zero-order valence-corrected chi connectivity index (χ0v) is 11.3. The number of hydrogen-bond donors (Lipinski definition) is 0. The molecule has 92 valence electrons. The van der Waals surface area contributed by atoms with Gasteiger partial charge in [-0.05, 0) is 49.9 Å². The first-order valence-corrected chi connectivity index (χ1v) is 7.39. The van der Waals surface area contributed by atoms with Crippen LogP contribution in [0.5, 0.6) is 0 Å². The molecular weight excluding hydrogens is 192 g/mol. The summed E-state index contributed by atoms with van der Waals surface area (Å²) < 4.78 is 0. The van der Waals surface area contributed by atoms with Crippen LogP contribution in [0.1, 0.15) is 65.7 Å². The Morgan fingerprint density at radius 2 is 2.00 bits per heavy atom. The lowest BCUT2D eigenvalue weighted by atomic mass is 9.70. The van der Waals surface area contributed by atoms with Crippen molar-refractivity contribution in [1.29, 1.82) is 0 Å². The van der Waals surface area contributed by atoms with Crippen molar-refractivity contribution < 1.29 is 0 Å². The molecule has 2 aliphatic rings. The van der Waals surface area contributed by atoms with Crippen LogP contribution in [0.25, 0.3) is 0 Å². The van der Waals surface area contributed by atoms with Gasteiger partial charge in [0, 0.05) is 0 Å². The molecule has 0 heteroatoms. The highest BCUT2D eigenvalue weighted by Gasteiger charge is 2.35. The van der Waals surface area contributed by atoms with Gasteiger partial charge >= 0.3 is 0 Å². The summed E-state index contributed by atoms with van der Waals surface area (Å²) in [7, 11) is 0. The molecule has 2 rings (SSSR count). The summed E-state index contributed by atoms with van der Waals surface area (Å²) in [5.74, 6) is 3.96. The minimum Gasteiger partial charge on any atom is -0.0825 e. The Bertz CT molecular complexity index is 251. The fourth-order valence-corrected chi connectivity index (χ4v) is 4.28. The van der Waals surface area contributed by atoms with Gasteiger partial charge in [-0.25, -0.2) is 0 Å². The van der Waals surface area contributed by atoms with E-state index in [4.69, 9.17) is 0 Å². The van der Waals surface area contributed by atoms with Crippen LogP contribution in [-0.4, -0.2) is 0 Å². The average molecular weight is 220 g/mol. The largest absolute Gasteiger partial charge is 0.0825 e. The lowest BCUT2D eigenvalue weighted by Crippen LogP contribution is -2.26. The summed E-state index contributed by atoms with van der Waals surface area (Å²) >= 11 is 0. The second-order valence-electron chi connectivity index (χ2n) is 6.22. The van der Waals surface area contributed by atoms with E-state index in [1.54, 1.807) is 5.57 Å². The summed E-state index contributed by atoms with van der Waals surface area (Å²) in [6.45, 7) is 7.11. The van der Waals surface area contributed by atoms with Crippen LogP contribution in [0.15, 0.2) is 11.6 Å². The zero-order chi connectivity index (χ0) is 11.5. The van der Waals surface area contributed by atoms with Gasteiger partial charge in [0.05, 0.1) is 0 Å². The number of allylic oxidation sites excluding steroid dienone is 2. The Kier molecular flexibility index (Phi) is 4.10. The quantitative estimate of drug-likeness (QED) is 0.574. The molecule has 0 aromatic carbocycles. The van der Waals surface area contributed by atoms with Crippen molar-refractivity contribution in [2.75, 3.05) is 0 Å². The Morgan fingerprint density at radius 1 is 1.19 bits per heavy atom. The predicted molar refractivity (Wildman–Crippen MR) is 71.4 cm³/mol. The molecule has 16 heavy (non-hydrogen) atoms. The lowest BCUT2D eigenvalue weighted by molar-refractivity contribution is 0.189. The second-order valence-corrected chi connectivity index (χ2v) is 6.22. The first kappa shape index (κ1) is 12.2. The topological polar surface area (TPSA) is 0 Å². The fraction of sp³-hybridized carbons (Fsp3) is 0.875. The maximum Gasteiger partial charge on any atom is -0.0228 e. The highest BCUT2D eigenvalue weighted by molar-refractivity contribution is 5.07. The molecule has 2 aliphatic carbocycles. The summed E-state index contributed by atoms with van der Waals surface area (Å²) in [5.41, 5.74) is 1.63. The van der Waals surface area contributed by atoms with Crippen LogP contribution in [0.2, 0.25) is 0 Å². The van der Waals surface area contributed by atoms with Crippen molar-refractivity contribution >= 4 is 0 Å². The standard InChI is InChI=1S/C16H28/c1-4-6-14-7-5-8-16(14)15-10-9-12(2)11-13(15)3/h11,13-16H,4-10H2,1-3H3. The van der Waals surface area contributed by atoms with Crippen LogP contribution in [0.4, 0.5) is 0 Å². The molecule has 0 aromatic heterocycles. The molecule has 0 bridgehead atoms. The van der Waals surface area contributed by atoms with Crippen molar-refractivity contribution in [2.24, 2.45) is 23.7 Å². The van der Waals surface area contributed by atoms with Crippen molar-refractivity contribution in [3.05, 3.63) is 11.6 Å². The van der Waals surface area contributed by atoms with Crippen molar-refractivity contribution in [2.45, 2.75) is 65.7 Å². The molecule has 0 aromatic rings. The van der Waals surface area contributed by atoms with Gasteiger partial charge in [0.15, 0.2) is 0 Å². The Balaban J connectivity index is 2.01. The summed E-state index contributed by atoms with van der Waals surface area (Å²) in [5, 5.41) is 0. The maximum absolute atomic E-state index is 2.55. The highest BCUT2D eigenvalue weighted by atomic mass is 14.4. The van der Waals surface area contributed by atoms with Crippen molar-refractivity contribution in [3.8, 4) is 0 Å². The van der Waals surface area contributed by atoms with E-state index in [0.717, 1.165) is 23.7 Å². The van der Waals surface area contributed by atoms with Gasteiger partial charge in [0.1, 0.15) is 0 Å². The molecule has 4 unspecified atom stereocenters. The monoisotopic (exact) mass is 220 g/mol. The minimum atomic E-state index is 0.844. The van der Waals surface area contributed by atoms with Gasteiger partial charge in [-0.1, -0.05) is 51.2 Å². The molecule has 1 fully saturated rings. The summed E-state index contributed by atoms with van der Waals surface area (Å²) in [6.07, 6.45) is 12.8. The number of rotatable bonds is 3. The fourth-order valence-electron chi connectivity index (χ4n) is 4.28. The van der Waals surface area contributed by atoms with Crippen molar-refractivity contribution in [3.63, 3.8) is 0 Å². The Morgan fingerprint density at radius 3 is 2.69 bits per heavy atom. The molecule has 0 N–H and O–H groups in total. The van der Waals surface area contributed by atoms with Gasteiger partial charge in [-0.15, -0.1) is 0 Å². The Hall–Kier alpha value is -0.260. The molecule has 4 atom stereocenters. The van der Waals surface area contributed by atoms with Crippen LogP contribution < -0.4 is 0 Å². The molecule has 0 amide bonds. The number of hydrogen-bond acceptors (Lipinski definition) is 0. The molecule has 0 nitrogen and oxygen atoms in total. The minimum absolute atomic E-state index is 0.844. The molecule has 0 saturated heterocycles. The second kappa shape index (κ2) is 5.38. The third-order valence-corrected chi connectivity index (χ3v) is 5.02. The van der Waals surface area contributed by atoms with Gasteiger partial charge < -0.3 is 0 Å². The maximum atomic E-state index is 2.55. The van der Waals surface area contributed by atoms with E-state index in [1.807, 2.05) is 0 Å². The predicted octanol–water partition coefficient (Wildman–Crippen LogP) is 5.20. The van der Waals surface area contributed by atoms with Crippen molar-refractivity contribution in [1.82, 2.24) is 0 Å². The van der Waals surface area contributed by atoms with Crippen LogP contribution >= 0.6 is 0 Å². The third-order valence-electron chi connectivity index (χ3n) is 5.02. The molecular formula is C16H28. The van der Waals surface area contributed by atoms with E-state index < -0.39 is 0 Å². The molecule has 1 saturated carbocycles. The molecule has 0 heterocycles.